The van der Waals surface area contributed by atoms with Crippen molar-refractivity contribution in [2.75, 3.05) is 13.1 Å². The quantitative estimate of drug-likeness (QED) is 0.879. The van der Waals surface area contributed by atoms with Crippen LogP contribution in [0.3, 0.4) is 0 Å². The molecule has 2 rings (SSSR count). The number of rotatable bonds is 5. The summed E-state index contributed by atoms with van der Waals surface area (Å²) in [6.45, 7) is 8.86. The molecule has 106 valence electrons. The lowest BCUT2D eigenvalue weighted by molar-refractivity contribution is 0.200. The first kappa shape index (κ1) is 14.5. The van der Waals surface area contributed by atoms with Crippen molar-refractivity contribution in [1.82, 2.24) is 4.90 Å². The summed E-state index contributed by atoms with van der Waals surface area (Å²) in [6, 6.07) is 10.3. The minimum atomic E-state index is 0.502. The molecule has 0 spiro atoms. The van der Waals surface area contributed by atoms with Gasteiger partial charge < -0.3 is 5.73 Å². The summed E-state index contributed by atoms with van der Waals surface area (Å²) in [4.78, 5) is 2.60. The molecule has 3 unspecified atom stereocenters. The Morgan fingerprint density at radius 2 is 2.00 bits per heavy atom. The predicted octanol–water partition coefficient (Wildman–Crippen LogP) is 3.37. The van der Waals surface area contributed by atoms with E-state index in [0.717, 1.165) is 13.1 Å². The number of nitrogens with zero attached hydrogens (tertiary/aromatic N) is 1. The average Bonchev–Trinajstić information content (AvgIpc) is 2.80. The molecule has 0 amide bonds. The van der Waals surface area contributed by atoms with Crippen LogP contribution in [0.25, 0.3) is 0 Å². The zero-order valence-electron chi connectivity index (χ0n) is 12.6. The monoisotopic (exact) mass is 260 g/mol. The second-order valence-corrected chi connectivity index (χ2v) is 6.05. The Morgan fingerprint density at radius 1 is 1.32 bits per heavy atom. The fraction of sp³-hybridized carbons (Fsp3) is 0.647. The van der Waals surface area contributed by atoms with Gasteiger partial charge in [-0.2, -0.15) is 0 Å². The van der Waals surface area contributed by atoms with Crippen LogP contribution in [0.2, 0.25) is 0 Å². The minimum absolute atomic E-state index is 0.502. The fourth-order valence-electron chi connectivity index (χ4n) is 3.32. The number of hydrogen-bond acceptors (Lipinski definition) is 2. The van der Waals surface area contributed by atoms with E-state index in [1.54, 1.807) is 0 Å². The average molecular weight is 260 g/mol. The van der Waals surface area contributed by atoms with Crippen LogP contribution in [0.15, 0.2) is 24.3 Å². The van der Waals surface area contributed by atoms with Gasteiger partial charge >= 0.3 is 0 Å². The standard InChI is InChI=1S/C17H28N2/c1-4-5-15-6-8-17(9-7-15)14(3)19-12-16(11-18)10-13(19)2/h6-9,13-14,16H,4-5,10-12,18H2,1-3H3. The van der Waals surface area contributed by atoms with Crippen molar-refractivity contribution in [1.29, 1.82) is 0 Å². The SMILES string of the molecule is CCCc1ccc(C(C)N2CC(CN)CC2C)cc1. The van der Waals surface area contributed by atoms with Crippen molar-refractivity contribution in [2.24, 2.45) is 11.7 Å². The van der Waals surface area contributed by atoms with Crippen molar-refractivity contribution in [2.45, 2.75) is 52.1 Å². The first-order chi connectivity index (χ1) is 9.15. The summed E-state index contributed by atoms with van der Waals surface area (Å²) in [5.74, 6) is 0.678. The Morgan fingerprint density at radius 3 is 2.53 bits per heavy atom. The molecule has 3 atom stereocenters. The van der Waals surface area contributed by atoms with Crippen molar-refractivity contribution >= 4 is 0 Å². The maximum atomic E-state index is 5.82. The van der Waals surface area contributed by atoms with Crippen LogP contribution >= 0.6 is 0 Å². The lowest BCUT2D eigenvalue weighted by Crippen LogP contribution is -2.30. The van der Waals surface area contributed by atoms with Crippen LogP contribution in [0.5, 0.6) is 0 Å². The topological polar surface area (TPSA) is 29.3 Å². The van der Waals surface area contributed by atoms with Crippen molar-refractivity contribution in [3.63, 3.8) is 0 Å². The van der Waals surface area contributed by atoms with Crippen molar-refractivity contribution in [3.8, 4) is 0 Å². The summed E-state index contributed by atoms with van der Waals surface area (Å²) in [5.41, 5.74) is 8.71. The van der Waals surface area contributed by atoms with Gasteiger partial charge in [0.15, 0.2) is 0 Å². The van der Waals surface area contributed by atoms with Crippen LogP contribution < -0.4 is 5.73 Å². The number of hydrogen-bond donors (Lipinski definition) is 1. The van der Waals surface area contributed by atoms with E-state index in [1.165, 1.54) is 30.4 Å². The highest BCUT2D eigenvalue weighted by molar-refractivity contribution is 5.25. The zero-order chi connectivity index (χ0) is 13.8. The maximum Gasteiger partial charge on any atom is 0.0322 e. The van der Waals surface area contributed by atoms with Crippen LogP contribution in [0.4, 0.5) is 0 Å². The van der Waals surface area contributed by atoms with Gasteiger partial charge in [0, 0.05) is 18.6 Å². The molecule has 0 saturated carbocycles. The number of aryl methyl sites for hydroxylation is 1. The van der Waals surface area contributed by atoms with Gasteiger partial charge in [-0.25, -0.2) is 0 Å². The molecule has 19 heavy (non-hydrogen) atoms. The molecule has 1 aliphatic heterocycles. The first-order valence-electron chi connectivity index (χ1n) is 7.70. The van der Waals surface area contributed by atoms with Gasteiger partial charge in [0.2, 0.25) is 0 Å². The minimum Gasteiger partial charge on any atom is -0.330 e. The van der Waals surface area contributed by atoms with Gasteiger partial charge in [0.05, 0.1) is 0 Å². The Kier molecular flexibility index (Phi) is 5.00. The molecule has 2 nitrogen and oxygen atoms in total. The second kappa shape index (κ2) is 6.53. The van der Waals surface area contributed by atoms with Crippen molar-refractivity contribution in [3.05, 3.63) is 35.4 Å². The van der Waals surface area contributed by atoms with E-state index in [0.29, 0.717) is 18.0 Å². The molecule has 2 N–H and O–H groups in total. The molecule has 0 bridgehead atoms. The van der Waals surface area contributed by atoms with Gasteiger partial charge in [0.1, 0.15) is 0 Å². The van der Waals surface area contributed by atoms with E-state index in [9.17, 15) is 0 Å². The molecular formula is C17H28N2. The molecular weight excluding hydrogens is 232 g/mol. The van der Waals surface area contributed by atoms with E-state index in [-0.39, 0.29) is 0 Å². The first-order valence-corrected chi connectivity index (χ1v) is 7.70. The van der Waals surface area contributed by atoms with Crippen LogP contribution in [0.1, 0.15) is 50.8 Å². The van der Waals surface area contributed by atoms with Gasteiger partial charge in [-0.3, -0.25) is 4.90 Å². The Hall–Kier alpha value is -0.860. The number of nitrogens with two attached hydrogens (primary N) is 1. The smallest absolute Gasteiger partial charge is 0.0322 e. The highest BCUT2D eigenvalue weighted by Crippen LogP contribution is 2.31. The summed E-state index contributed by atoms with van der Waals surface area (Å²) < 4.78 is 0. The molecule has 1 saturated heterocycles. The third-order valence-electron chi connectivity index (χ3n) is 4.54. The molecule has 2 heteroatoms. The van der Waals surface area contributed by atoms with E-state index in [2.05, 4.69) is 49.9 Å². The maximum absolute atomic E-state index is 5.82. The van der Waals surface area contributed by atoms with Gasteiger partial charge in [-0.05, 0) is 50.3 Å². The number of benzene rings is 1. The van der Waals surface area contributed by atoms with E-state index in [1.807, 2.05) is 0 Å². The van der Waals surface area contributed by atoms with E-state index >= 15 is 0 Å². The van der Waals surface area contributed by atoms with Crippen LogP contribution in [0, 0.1) is 5.92 Å². The van der Waals surface area contributed by atoms with Crippen LogP contribution in [-0.2, 0) is 6.42 Å². The molecule has 0 aliphatic carbocycles. The highest BCUT2D eigenvalue weighted by Gasteiger charge is 2.31. The Balaban J connectivity index is 2.04. The third kappa shape index (κ3) is 3.37. The summed E-state index contributed by atoms with van der Waals surface area (Å²) in [7, 11) is 0. The second-order valence-electron chi connectivity index (χ2n) is 6.05. The molecule has 1 aliphatic rings. The third-order valence-corrected chi connectivity index (χ3v) is 4.54. The van der Waals surface area contributed by atoms with Gasteiger partial charge in [-0.1, -0.05) is 37.6 Å². The van der Waals surface area contributed by atoms with E-state index in [4.69, 9.17) is 5.73 Å². The summed E-state index contributed by atoms with van der Waals surface area (Å²) in [6.07, 6.45) is 3.65. The molecule has 1 heterocycles. The molecule has 0 radical (unpaired) electrons. The molecule has 1 aromatic rings. The lowest BCUT2D eigenvalue weighted by atomic mass is 10.0. The van der Waals surface area contributed by atoms with Gasteiger partial charge in [0.25, 0.3) is 0 Å². The molecule has 1 aromatic carbocycles. The Labute approximate surface area is 118 Å². The molecule has 1 fully saturated rings. The Bertz CT molecular complexity index is 385. The number of likely N-dealkylation sites (tertiary alicyclic amines) is 1. The largest absolute Gasteiger partial charge is 0.330 e. The highest BCUT2D eigenvalue weighted by atomic mass is 15.2. The lowest BCUT2D eigenvalue weighted by Gasteiger charge is -2.29. The zero-order valence-corrected chi connectivity index (χ0v) is 12.6. The molecule has 0 aromatic heterocycles. The fourth-order valence-corrected chi connectivity index (χ4v) is 3.32. The van der Waals surface area contributed by atoms with E-state index < -0.39 is 0 Å². The van der Waals surface area contributed by atoms with Crippen LogP contribution in [-0.4, -0.2) is 24.0 Å². The van der Waals surface area contributed by atoms with Crippen molar-refractivity contribution < 1.29 is 0 Å². The summed E-state index contributed by atoms with van der Waals surface area (Å²) in [5, 5.41) is 0. The predicted molar refractivity (Wildman–Crippen MR) is 82.2 cm³/mol. The normalized spacial score (nSPS) is 25.7. The summed E-state index contributed by atoms with van der Waals surface area (Å²) >= 11 is 0. The van der Waals surface area contributed by atoms with Gasteiger partial charge in [-0.15, -0.1) is 0 Å².